The van der Waals surface area contributed by atoms with Crippen molar-refractivity contribution in [1.82, 2.24) is 0 Å². The first-order chi connectivity index (χ1) is 14.1. The minimum Gasteiger partial charge on any atom is -0.469 e. The number of aliphatic hydroxyl groups excluding tert-OH is 2. The van der Waals surface area contributed by atoms with E-state index in [1.165, 1.54) is 7.11 Å². The molecule has 0 aromatic rings. The number of esters is 1. The van der Waals surface area contributed by atoms with Crippen LogP contribution in [0, 0.1) is 40.4 Å². The summed E-state index contributed by atoms with van der Waals surface area (Å²) in [4.78, 5) is 23.7. The predicted molar refractivity (Wildman–Crippen MR) is 113 cm³/mol. The number of ketones is 1. The number of methoxy groups -OCH3 is 1. The normalized spacial score (nSPS) is 46.3. The molecule has 30 heavy (non-hydrogen) atoms. The average Bonchev–Trinajstić information content (AvgIpc) is 3.06. The molecule has 0 spiro atoms. The molecule has 5 nitrogen and oxygen atoms in total. The molecule has 0 heterocycles. The maximum Gasteiger partial charge on any atom is 0.305 e. The fraction of sp³-hybridized carbons (Fsp3) is 0.840. The van der Waals surface area contributed by atoms with Crippen LogP contribution in [-0.4, -0.2) is 41.3 Å². The van der Waals surface area contributed by atoms with Gasteiger partial charge in [0.05, 0.1) is 19.3 Å². The molecule has 0 bridgehead atoms. The van der Waals surface area contributed by atoms with E-state index in [0.717, 1.165) is 31.3 Å². The standard InChI is InChI=1S/C25H38O5/c1-14(5-8-22(29)30-4)17-6-7-18-23-19(13-21(28)25(17,18)3)24(2)10-9-16(26)11-15(24)12-20(23)27/h11,14,17-21,23,27-28H,5-10,12-13H2,1-4H3/t14?,17?,18?,19?,20-,21+,23?,24?,25?/m1/s1. The fourth-order valence-corrected chi connectivity index (χ4v) is 8.11. The van der Waals surface area contributed by atoms with Gasteiger partial charge in [0.15, 0.2) is 5.78 Å². The number of ether oxygens (including phenoxy) is 1. The number of hydrogen-bond acceptors (Lipinski definition) is 5. The minimum atomic E-state index is -0.443. The summed E-state index contributed by atoms with van der Waals surface area (Å²) in [5.74, 6) is 1.34. The summed E-state index contributed by atoms with van der Waals surface area (Å²) in [5.41, 5.74) is 0.776. The first kappa shape index (κ1) is 22.0. The molecule has 0 radical (unpaired) electrons. The van der Waals surface area contributed by atoms with E-state index in [2.05, 4.69) is 20.8 Å². The SMILES string of the molecule is COC(=O)CCC(C)C1CCC2C3C(C[C@H](O)C12C)C1(C)CCC(=O)C=C1C[C@H]3O. The van der Waals surface area contributed by atoms with Gasteiger partial charge < -0.3 is 14.9 Å². The van der Waals surface area contributed by atoms with Gasteiger partial charge in [-0.25, -0.2) is 0 Å². The molecule has 4 rings (SSSR count). The lowest BCUT2D eigenvalue weighted by atomic mass is 9.45. The van der Waals surface area contributed by atoms with E-state index in [-0.39, 0.29) is 40.3 Å². The number of carbonyl (C=O) groups excluding carboxylic acids is 2. The van der Waals surface area contributed by atoms with Gasteiger partial charge in [-0.1, -0.05) is 26.3 Å². The Labute approximate surface area is 180 Å². The summed E-state index contributed by atoms with van der Waals surface area (Å²) in [5, 5.41) is 22.7. The Morgan fingerprint density at radius 1 is 1.27 bits per heavy atom. The second-order valence-corrected chi connectivity index (χ2v) is 11.0. The highest BCUT2D eigenvalue weighted by atomic mass is 16.5. The number of fused-ring (bicyclic) bond motifs is 5. The number of aliphatic hydroxyl groups is 2. The topological polar surface area (TPSA) is 83.8 Å². The molecule has 0 aliphatic heterocycles. The van der Waals surface area contributed by atoms with Crippen molar-refractivity contribution in [1.29, 1.82) is 0 Å². The monoisotopic (exact) mass is 418 g/mol. The van der Waals surface area contributed by atoms with Crippen molar-refractivity contribution in [2.24, 2.45) is 40.4 Å². The van der Waals surface area contributed by atoms with Crippen molar-refractivity contribution in [3.8, 4) is 0 Å². The molecule has 2 N–H and O–H groups in total. The highest BCUT2D eigenvalue weighted by Gasteiger charge is 2.64. The highest BCUT2D eigenvalue weighted by Crippen LogP contribution is 2.67. The van der Waals surface area contributed by atoms with E-state index < -0.39 is 12.2 Å². The van der Waals surface area contributed by atoms with Gasteiger partial charge in [-0.2, -0.15) is 0 Å². The van der Waals surface area contributed by atoms with Gasteiger partial charge in [-0.3, -0.25) is 9.59 Å². The third kappa shape index (κ3) is 3.19. The van der Waals surface area contributed by atoms with E-state index in [9.17, 15) is 19.8 Å². The van der Waals surface area contributed by atoms with E-state index in [1.807, 2.05) is 0 Å². The van der Waals surface area contributed by atoms with Crippen molar-refractivity contribution >= 4 is 11.8 Å². The summed E-state index contributed by atoms with van der Waals surface area (Å²) < 4.78 is 4.82. The third-order valence-corrected chi connectivity index (χ3v) is 9.88. The lowest BCUT2D eigenvalue weighted by molar-refractivity contribution is -0.168. The number of hydrogen-bond donors (Lipinski definition) is 2. The highest BCUT2D eigenvalue weighted by molar-refractivity contribution is 5.91. The first-order valence-corrected chi connectivity index (χ1v) is 11.8. The zero-order chi connectivity index (χ0) is 21.8. The molecule has 4 aliphatic rings. The van der Waals surface area contributed by atoms with Crippen LogP contribution in [0.1, 0.15) is 72.1 Å². The first-order valence-electron chi connectivity index (χ1n) is 11.8. The van der Waals surface area contributed by atoms with Crippen molar-refractivity contribution in [2.45, 2.75) is 84.3 Å². The second-order valence-electron chi connectivity index (χ2n) is 11.0. The van der Waals surface area contributed by atoms with Crippen LogP contribution in [0.15, 0.2) is 11.6 Å². The molecule has 0 saturated heterocycles. The van der Waals surface area contributed by atoms with E-state index in [1.54, 1.807) is 6.08 Å². The Kier molecular flexibility index (Phi) is 5.68. The largest absolute Gasteiger partial charge is 0.469 e. The van der Waals surface area contributed by atoms with E-state index in [4.69, 9.17) is 4.74 Å². The van der Waals surface area contributed by atoms with Crippen LogP contribution in [0.5, 0.6) is 0 Å². The van der Waals surface area contributed by atoms with Gasteiger partial charge in [0.25, 0.3) is 0 Å². The van der Waals surface area contributed by atoms with E-state index >= 15 is 0 Å². The van der Waals surface area contributed by atoms with Crippen LogP contribution in [0.25, 0.3) is 0 Å². The Hall–Kier alpha value is -1.20. The molecule has 5 heteroatoms. The van der Waals surface area contributed by atoms with Crippen LogP contribution >= 0.6 is 0 Å². The average molecular weight is 419 g/mol. The Bertz CT molecular complexity index is 744. The predicted octanol–water partition coefficient (Wildman–Crippen LogP) is 3.67. The van der Waals surface area contributed by atoms with Crippen molar-refractivity contribution < 1.29 is 24.5 Å². The van der Waals surface area contributed by atoms with Gasteiger partial charge in [-0.15, -0.1) is 0 Å². The van der Waals surface area contributed by atoms with Crippen molar-refractivity contribution in [3.63, 3.8) is 0 Å². The third-order valence-electron chi connectivity index (χ3n) is 9.88. The molecule has 3 saturated carbocycles. The molecule has 0 aromatic carbocycles. The summed E-state index contributed by atoms with van der Waals surface area (Å²) in [7, 11) is 1.43. The van der Waals surface area contributed by atoms with Crippen LogP contribution in [0.4, 0.5) is 0 Å². The molecular weight excluding hydrogens is 380 g/mol. The maximum atomic E-state index is 12.0. The lowest BCUT2D eigenvalue weighted by Gasteiger charge is -2.61. The van der Waals surface area contributed by atoms with Crippen molar-refractivity contribution in [3.05, 3.63) is 11.6 Å². The Balaban J connectivity index is 1.61. The quantitative estimate of drug-likeness (QED) is 0.681. The van der Waals surface area contributed by atoms with Gasteiger partial charge >= 0.3 is 5.97 Å². The summed E-state index contributed by atoms with van der Waals surface area (Å²) >= 11 is 0. The molecule has 0 amide bonds. The molecular formula is C25H38O5. The van der Waals surface area contributed by atoms with Gasteiger partial charge in [-0.05, 0) is 85.0 Å². The molecule has 0 aromatic heterocycles. The van der Waals surface area contributed by atoms with Gasteiger partial charge in [0.1, 0.15) is 0 Å². The van der Waals surface area contributed by atoms with Gasteiger partial charge in [0.2, 0.25) is 0 Å². The van der Waals surface area contributed by atoms with Crippen LogP contribution in [0.2, 0.25) is 0 Å². The van der Waals surface area contributed by atoms with E-state index in [0.29, 0.717) is 37.5 Å². The second kappa shape index (κ2) is 7.74. The maximum absolute atomic E-state index is 12.0. The molecule has 3 fully saturated rings. The lowest BCUT2D eigenvalue weighted by Crippen LogP contribution is -2.60. The summed E-state index contributed by atoms with van der Waals surface area (Å²) in [6.07, 6.45) is 6.86. The minimum absolute atomic E-state index is 0.0886. The Morgan fingerprint density at radius 3 is 2.70 bits per heavy atom. The van der Waals surface area contributed by atoms with Crippen LogP contribution in [-0.2, 0) is 14.3 Å². The molecule has 9 atom stereocenters. The molecule has 168 valence electrons. The van der Waals surface area contributed by atoms with Crippen LogP contribution < -0.4 is 0 Å². The summed E-state index contributed by atoms with van der Waals surface area (Å²) in [6.45, 7) is 6.69. The number of rotatable bonds is 4. The van der Waals surface area contributed by atoms with Crippen molar-refractivity contribution in [2.75, 3.05) is 7.11 Å². The molecule has 4 aliphatic carbocycles. The summed E-state index contributed by atoms with van der Waals surface area (Å²) in [6, 6.07) is 0. The zero-order valence-electron chi connectivity index (χ0n) is 18.9. The fourth-order valence-electron chi connectivity index (χ4n) is 8.11. The molecule has 7 unspecified atom stereocenters. The smallest absolute Gasteiger partial charge is 0.305 e. The number of carbonyl (C=O) groups is 2. The van der Waals surface area contributed by atoms with Gasteiger partial charge in [0, 0.05) is 12.8 Å². The Morgan fingerprint density at radius 2 is 2.00 bits per heavy atom. The van der Waals surface area contributed by atoms with Crippen LogP contribution in [0.3, 0.4) is 0 Å². The zero-order valence-corrected chi connectivity index (χ0v) is 18.9.